The van der Waals surface area contributed by atoms with E-state index in [2.05, 4.69) is 10.6 Å². The van der Waals surface area contributed by atoms with Gasteiger partial charge in [0.05, 0.1) is 13.2 Å². The van der Waals surface area contributed by atoms with Crippen LogP contribution in [-0.2, 0) is 0 Å². The molecule has 2 saturated heterocycles. The molecule has 3 aromatic carbocycles. The molecule has 2 heterocycles. The lowest BCUT2D eigenvalue weighted by atomic mass is 10.0. The summed E-state index contributed by atoms with van der Waals surface area (Å²) in [7, 11) is 0. The second kappa shape index (κ2) is 14.3. The van der Waals surface area contributed by atoms with E-state index < -0.39 is 0 Å². The van der Waals surface area contributed by atoms with Crippen LogP contribution in [-0.4, -0.2) is 44.3 Å². The number of carbonyl (C=O) groups excluding carboxylic acids is 1. The number of hydrogen-bond donors (Lipinski definition) is 2. The summed E-state index contributed by atoms with van der Waals surface area (Å²) < 4.78 is 25.6. The molecule has 212 valence electrons. The molecule has 2 atom stereocenters. The molecule has 1 amide bonds. The smallest absolute Gasteiger partial charge is 0.262 e. The highest BCUT2D eigenvalue weighted by Crippen LogP contribution is 2.31. The summed E-state index contributed by atoms with van der Waals surface area (Å²) in [6.07, 6.45) is 9.39. The Morgan fingerprint density at radius 1 is 0.700 bits per heavy atom. The van der Waals surface area contributed by atoms with Crippen molar-refractivity contribution in [1.29, 1.82) is 0 Å². The molecule has 3 aromatic rings. The minimum absolute atomic E-state index is 0.242. The molecule has 2 N–H and O–H groups in total. The van der Waals surface area contributed by atoms with E-state index in [4.69, 9.17) is 9.47 Å². The van der Waals surface area contributed by atoms with E-state index in [0.29, 0.717) is 42.2 Å². The lowest BCUT2D eigenvalue weighted by molar-refractivity contribution is 0.0999. The number of piperidine rings is 2. The highest BCUT2D eigenvalue weighted by atomic mass is 19.1. The molecule has 5 rings (SSSR count). The van der Waals surface area contributed by atoms with Crippen LogP contribution >= 0.6 is 0 Å². The lowest BCUT2D eigenvalue weighted by Gasteiger charge is -2.25. The third-order valence-corrected chi connectivity index (χ3v) is 7.78. The summed E-state index contributed by atoms with van der Waals surface area (Å²) >= 11 is 0. The number of benzene rings is 3. The average Bonchev–Trinajstić information content (AvgIpc) is 3.00. The van der Waals surface area contributed by atoms with Crippen molar-refractivity contribution in [2.24, 2.45) is 0 Å². The van der Waals surface area contributed by atoms with Crippen LogP contribution in [0, 0.1) is 5.82 Å². The van der Waals surface area contributed by atoms with Crippen LogP contribution in [0.3, 0.4) is 0 Å². The fraction of sp³-hybridized carbons (Fsp3) is 0.424. The second-order valence-corrected chi connectivity index (χ2v) is 10.7. The Morgan fingerprint density at radius 3 is 1.60 bits per heavy atom. The zero-order chi connectivity index (χ0) is 27.6. The first kappa shape index (κ1) is 28.1. The van der Waals surface area contributed by atoms with Crippen LogP contribution in [0.4, 0.5) is 15.8 Å². The Kier molecular flexibility index (Phi) is 10.0. The third kappa shape index (κ3) is 7.83. The van der Waals surface area contributed by atoms with Gasteiger partial charge in [0.1, 0.15) is 17.3 Å². The van der Waals surface area contributed by atoms with E-state index in [1.54, 1.807) is 4.90 Å². The summed E-state index contributed by atoms with van der Waals surface area (Å²) in [6.45, 7) is 3.46. The molecule has 2 aliphatic heterocycles. The van der Waals surface area contributed by atoms with Crippen LogP contribution in [0.15, 0.2) is 72.8 Å². The number of amides is 1. The number of rotatable bonds is 11. The maximum Gasteiger partial charge on any atom is 0.262 e. The second-order valence-electron chi connectivity index (χ2n) is 10.7. The molecule has 7 heteroatoms. The van der Waals surface area contributed by atoms with Gasteiger partial charge in [-0.05, 0) is 124 Å². The van der Waals surface area contributed by atoms with Crippen LogP contribution in [0.1, 0.15) is 61.7 Å². The molecular weight excluding hydrogens is 505 g/mol. The van der Waals surface area contributed by atoms with Crippen molar-refractivity contribution in [2.45, 2.75) is 63.5 Å². The highest BCUT2D eigenvalue weighted by Gasteiger charge is 2.21. The van der Waals surface area contributed by atoms with Gasteiger partial charge in [-0.3, -0.25) is 9.69 Å². The number of nitrogens with zero attached hydrogens (tertiary/aromatic N) is 1. The van der Waals surface area contributed by atoms with Gasteiger partial charge >= 0.3 is 0 Å². The number of nitrogens with one attached hydrogen (secondary N) is 2. The maximum absolute atomic E-state index is 13.6. The Balaban J connectivity index is 1.26. The summed E-state index contributed by atoms with van der Waals surface area (Å²) in [5, 5.41) is 7.10. The van der Waals surface area contributed by atoms with Crippen LogP contribution in [0.2, 0.25) is 0 Å². The van der Waals surface area contributed by atoms with Gasteiger partial charge in [-0.25, -0.2) is 4.39 Å². The first-order valence-electron chi connectivity index (χ1n) is 14.7. The predicted octanol–water partition coefficient (Wildman–Crippen LogP) is 6.63. The molecule has 2 unspecified atom stereocenters. The van der Waals surface area contributed by atoms with Gasteiger partial charge in [-0.1, -0.05) is 12.8 Å². The Hall–Kier alpha value is -3.42. The van der Waals surface area contributed by atoms with Crippen molar-refractivity contribution in [3.63, 3.8) is 0 Å². The largest absolute Gasteiger partial charge is 0.494 e. The van der Waals surface area contributed by atoms with Gasteiger partial charge in [0.2, 0.25) is 0 Å². The van der Waals surface area contributed by atoms with E-state index in [1.807, 2.05) is 48.5 Å². The summed E-state index contributed by atoms with van der Waals surface area (Å²) in [5.41, 5.74) is 1.81. The molecule has 2 fully saturated rings. The molecule has 6 nitrogen and oxygen atoms in total. The normalized spacial score (nSPS) is 19.1. The fourth-order valence-electron chi connectivity index (χ4n) is 5.47. The summed E-state index contributed by atoms with van der Waals surface area (Å²) in [6, 6.07) is 21.8. The van der Waals surface area contributed by atoms with Crippen molar-refractivity contribution in [3.05, 3.63) is 84.2 Å². The maximum atomic E-state index is 13.6. The number of hydrogen-bond acceptors (Lipinski definition) is 5. The van der Waals surface area contributed by atoms with Gasteiger partial charge in [-0.15, -0.1) is 0 Å². The first-order chi connectivity index (χ1) is 19.7. The quantitative estimate of drug-likeness (QED) is 0.283. The molecular formula is C33H40FN3O3. The minimum Gasteiger partial charge on any atom is -0.494 e. The zero-order valence-electron chi connectivity index (χ0n) is 23.1. The van der Waals surface area contributed by atoms with E-state index >= 15 is 0 Å². The van der Waals surface area contributed by atoms with Gasteiger partial charge in [-0.2, -0.15) is 0 Å². The molecule has 0 radical (unpaired) electrons. The third-order valence-electron chi connectivity index (χ3n) is 7.78. The molecule has 40 heavy (non-hydrogen) atoms. The highest BCUT2D eigenvalue weighted by molar-refractivity contribution is 6.10. The molecule has 2 aliphatic rings. The number of halogens is 1. The van der Waals surface area contributed by atoms with E-state index in [0.717, 1.165) is 37.4 Å². The van der Waals surface area contributed by atoms with Crippen LogP contribution in [0.25, 0.3) is 0 Å². The van der Waals surface area contributed by atoms with Gasteiger partial charge < -0.3 is 20.1 Å². The number of carbonyl (C=O) groups is 1. The van der Waals surface area contributed by atoms with Crippen molar-refractivity contribution in [2.75, 3.05) is 31.2 Å². The predicted molar refractivity (Wildman–Crippen MR) is 157 cm³/mol. The molecule has 0 aromatic heterocycles. The minimum atomic E-state index is -0.377. The Labute approximate surface area is 236 Å². The Bertz CT molecular complexity index is 1120. The zero-order valence-corrected chi connectivity index (χ0v) is 23.1. The average molecular weight is 546 g/mol. The van der Waals surface area contributed by atoms with Crippen molar-refractivity contribution in [1.82, 2.24) is 10.6 Å². The van der Waals surface area contributed by atoms with Crippen molar-refractivity contribution < 1.29 is 18.7 Å². The monoisotopic (exact) mass is 545 g/mol. The van der Waals surface area contributed by atoms with Crippen molar-refractivity contribution >= 4 is 17.3 Å². The fourth-order valence-corrected chi connectivity index (χ4v) is 5.47. The van der Waals surface area contributed by atoms with E-state index in [9.17, 15) is 9.18 Å². The topological polar surface area (TPSA) is 62.8 Å². The van der Waals surface area contributed by atoms with Gasteiger partial charge in [0.15, 0.2) is 0 Å². The molecule has 0 spiro atoms. The van der Waals surface area contributed by atoms with Crippen molar-refractivity contribution in [3.8, 4) is 11.5 Å². The lowest BCUT2D eigenvalue weighted by Crippen LogP contribution is -2.35. The van der Waals surface area contributed by atoms with Gasteiger partial charge in [0.25, 0.3) is 5.91 Å². The molecule has 0 saturated carbocycles. The number of anilines is 2. The van der Waals surface area contributed by atoms with Gasteiger partial charge in [0, 0.05) is 29.0 Å². The number of ether oxygens (including phenoxy) is 2. The SMILES string of the molecule is O=C(c1ccc(F)cc1)N(c1ccc(OCCC2CCCCN2)cc1)c1ccc(OCCC2CCCCN2)cc1. The van der Waals surface area contributed by atoms with E-state index in [1.165, 1.54) is 62.8 Å². The summed E-state index contributed by atoms with van der Waals surface area (Å²) in [5.74, 6) is 0.918. The molecule has 0 aliphatic carbocycles. The summed E-state index contributed by atoms with van der Waals surface area (Å²) in [4.78, 5) is 15.3. The van der Waals surface area contributed by atoms with E-state index in [-0.39, 0.29) is 11.7 Å². The standard InChI is InChI=1S/C33H40FN3O3/c34-26-9-7-25(8-10-26)33(38)37(29-11-15-31(16-12-29)39-23-19-27-5-1-3-21-35-27)30-13-17-32(18-14-30)40-24-20-28-6-2-4-22-36-28/h7-18,27-28,35-36H,1-6,19-24H2. The Morgan fingerprint density at radius 2 is 1.18 bits per heavy atom. The first-order valence-corrected chi connectivity index (χ1v) is 14.7. The molecule has 0 bridgehead atoms. The van der Waals surface area contributed by atoms with Crippen LogP contribution in [0.5, 0.6) is 11.5 Å². The van der Waals surface area contributed by atoms with Crippen LogP contribution < -0.4 is 25.0 Å².